The van der Waals surface area contributed by atoms with E-state index in [0.29, 0.717) is 73.7 Å². The molecule has 0 saturated carbocycles. The monoisotopic (exact) mass is 578 g/mol. The minimum Gasteiger partial charge on any atom is -0.507 e. The maximum absolute atomic E-state index is 13.5. The first kappa shape index (κ1) is 31.1. The number of aryl methyl sites for hydroxylation is 1. The van der Waals surface area contributed by atoms with E-state index in [2.05, 4.69) is 25.3 Å². The third kappa shape index (κ3) is 7.14. The molecule has 1 amide bonds. The molecule has 2 fully saturated rings. The molecular formula is C33H42N2O7. The number of ether oxygens (including phenoxy) is 4. The van der Waals surface area contributed by atoms with Crippen molar-refractivity contribution in [2.24, 2.45) is 5.92 Å². The Morgan fingerprint density at radius 1 is 1.07 bits per heavy atom. The molecule has 9 nitrogen and oxygen atoms in total. The maximum atomic E-state index is 13.5. The van der Waals surface area contributed by atoms with Crippen molar-refractivity contribution in [1.29, 1.82) is 0 Å². The summed E-state index contributed by atoms with van der Waals surface area (Å²) >= 11 is 0. The van der Waals surface area contributed by atoms with Crippen molar-refractivity contribution >= 4 is 17.4 Å². The van der Waals surface area contributed by atoms with Gasteiger partial charge in [0.2, 0.25) is 0 Å². The summed E-state index contributed by atoms with van der Waals surface area (Å²) in [5.74, 6) is 0.463. The number of ketones is 1. The van der Waals surface area contributed by atoms with Crippen LogP contribution in [0.25, 0.3) is 5.76 Å². The summed E-state index contributed by atoms with van der Waals surface area (Å²) in [6.07, 6.45) is 2.31. The van der Waals surface area contributed by atoms with Crippen LogP contribution in [-0.2, 0) is 14.3 Å². The van der Waals surface area contributed by atoms with Gasteiger partial charge in [0.25, 0.3) is 11.7 Å². The molecule has 0 aromatic heterocycles. The van der Waals surface area contributed by atoms with E-state index < -0.39 is 17.7 Å². The average Bonchev–Trinajstić information content (AvgIpc) is 3.24. The highest BCUT2D eigenvalue weighted by Crippen LogP contribution is 2.42. The SMILES string of the molecule is C=CCOc1ccc(C2C(=C(O)c3ccc(OCC(C)C)c(C)c3)C(=O)C(=O)N2CCCN2CCOCC2)cc1OC. The molecule has 0 bridgehead atoms. The number of benzene rings is 2. The first-order valence-corrected chi connectivity index (χ1v) is 14.5. The highest BCUT2D eigenvalue weighted by atomic mass is 16.5. The zero-order chi connectivity index (χ0) is 30.2. The van der Waals surface area contributed by atoms with Crippen LogP contribution in [0, 0.1) is 12.8 Å². The van der Waals surface area contributed by atoms with E-state index in [1.165, 1.54) is 7.11 Å². The first-order chi connectivity index (χ1) is 20.2. The summed E-state index contributed by atoms with van der Waals surface area (Å²) in [5, 5.41) is 11.6. The number of amides is 1. The van der Waals surface area contributed by atoms with Crippen LogP contribution in [0.2, 0.25) is 0 Å². The van der Waals surface area contributed by atoms with Gasteiger partial charge in [-0.05, 0) is 60.7 Å². The molecule has 1 N–H and O–H groups in total. The van der Waals surface area contributed by atoms with Gasteiger partial charge in [-0.15, -0.1) is 0 Å². The van der Waals surface area contributed by atoms with Gasteiger partial charge in [0.1, 0.15) is 18.1 Å². The first-order valence-electron chi connectivity index (χ1n) is 14.5. The Morgan fingerprint density at radius 3 is 2.48 bits per heavy atom. The Kier molecular flexibility index (Phi) is 10.7. The summed E-state index contributed by atoms with van der Waals surface area (Å²) in [5.41, 5.74) is 1.95. The van der Waals surface area contributed by atoms with Gasteiger partial charge in [-0.1, -0.05) is 32.6 Å². The van der Waals surface area contributed by atoms with E-state index >= 15 is 0 Å². The van der Waals surface area contributed by atoms with Gasteiger partial charge < -0.3 is 29.0 Å². The number of likely N-dealkylation sites (tertiary alicyclic amines) is 1. The van der Waals surface area contributed by atoms with E-state index in [-0.39, 0.29) is 11.3 Å². The van der Waals surface area contributed by atoms with E-state index in [1.54, 1.807) is 47.4 Å². The van der Waals surface area contributed by atoms with Gasteiger partial charge in [-0.2, -0.15) is 0 Å². The highest BCUT2D eigenvalue weighted by Gasteiger charge is 2.46. The topological polar surface area (TPSA) is 97.8 Å². The number of nitrogens with zero attached hydrogens (tertiary/aromatic N) is 2. The second-order valence-corrected chi connectivity index (χ2v) is 11.0. The summed E-state index contributed by atoms with van der Waals surface area (Å²) in [6, 6.07) is 9.79. The molecule has 2 aliphatic heterocycles. The molecular weight excluding hydrogens is 536 g/mol. The van der Waals surface area contributed by atoms with Gasteiger partial charge in [0, 0.05) is 31.7 Å². The minimum absolute atomic E-state index is 0.0448. The lowest BCUT2D eigenvalue weighted by Crippen LogP contribution is -2.39. The molecule has 42 heavy (non-hydrogen) atoms. The van der Waals surface area contributed by atoms with Crippen LogP contribution < -0.4 is 14.2 Å². The molecule has 2 aromatic carbocycles. The Bertz CT molecular complexity index is 1310. The van der Waals surface area contributed by atoms with Crippen LogP contribution in [0.15, 0.2) is 54.6 Å². The Hall–Kier alpha value is -3.82. The van der Waals surface area contributed by atoms with Gasteiger partial charge >= 0.3 is 0 Å². The second-order valence-electron chi connectivity index (χ2n) is 11.0. The quantitative estimate of drug-likeness (QED) is 0.158. The normalized spacial score (nSPS) is 18.9. The molecule has 2 aromatic rings. The van der Waals surface area contributed by atoms with E-state index in [0.717, 1.165) is 25.2 Å². The van der Waals surface area contributed by atoms with Crippen LogP contribution in [-0.4, -0.2) is 86.3 Å². The number of Topliss-reactive ketones (excluding diaryl/α,β-unsaturated/α-hetero) is 1. The van der Waals surface area contributed by atoms with E-state index in [9.17, 15) is 14.7 Å². The number of hydrogen-bond acceptors (Lipinski definition) is 8. The number of carbonyl (C=O) groups excluding carboxylic acids is 2. The third-order valence-corrected chi connectivity index (χ3v) is 7.40. The van der Waals surface area contributed by atoms with Crippen LogP contribution in [0.4, 0.5) is 0 Å². The molecule has 0 spiro atoms. The van der Waals surface area contributed by atoms with Crippen LogP contribution in [0.5, 0.6) is 17.2 Å². The van der Waals surface area contributed by atoms with Crippen LogP contribution in [0.3, 0.4) is 0 Å². The fraction of sp³-hybridized carbons (Fsp3) is 0.455. The third-order valence-electron chi connectivity index (χ3n) is 7.40. The minimum atomic E-state index is -0.797. The maximum Gasteiger partial charge on any atom is 0.295 e. The number of aliphatic hydroxyl groups is 1. The van der Waals surface area contributed by atoms with Crippen molar-refractivity contribution in [3.63, 3.8) is 0 Å². The highest BCUT2D eigenvalue weighted by molar-refractivity contribution is 6.46. The summed E-state index contributed by atoms with van der Waals surface area (Å²) in [6.45, 7) is 14.7. The Balaban J connectivity index is 1.71. The fourth-order valence-corrected chi connectivity index (χ4v) is 5.24. The predicted molar refractivity (Wildman–Crippen MR) is 161 cm³/mol. The van der Waals surface area contributed by atoms with Crippen molar-refractivity contribution in [3.05, 3.63) is 71.3 Å². The molecule has 1 unspecified atom stereocenters. The molecule has 1 atom stereocenters. The molecule has 9 heteroatoms. The number of hydrogen-bond donors (Lipinski definition) is 1. The number of methoxy groups -OCH3 is 1. The van der Waals surface area contributed by atoms with Crippen molar-refractivity contribution in [3.8, 4) is 17.2 Å². The lowest BCUT2D eigenvalue weighted by Gasteiger charge is -2.29. The lowest BCUT2D eigenvalue weighted by atomic mass is 9.94. The summed E-state index contributed by atoms with van der Waals surface area (Å²) < 4.78 is 22.6. The van der Waals surface area contributed by atoms with Gasteiger partial charge in [-0.3, -0.25) is 14.5 Å². The Labute approximate surface area is 248 Å². The number of carbonyl (C=O) groups is 2. The number of rotatable bonds is 13. The molecule has 2 heterocycles. The molecule has 4 rings (SSSR count). The van der Waals surface area contributed by atoms with Gasteiger partial charge in [0.05, 0.1) is 38.5 Å². The predicted octanol–water partition coefficient (Wildman–Crippen LogP) is 4.75. The van der Waals surface area contributed by atoms with Gasteiger partial charge in [0.15, 0.2) is 11.5 Å². The molecule has 2 aliphatic rings. The molecule has 226 valence electrons. The van der Waals surface area contributed by atoms with E-state index in [1.807, 2.05) is 6.92 Å². The van der Waals surface area contributed by atoms with Crippen molar-refractivity contribution in [2.75, 3.05) is 59.7 Å². The second kappa shape index (κ2) is 14.4. The van der Waals surface area contributed by atoms with Crippen molar-refractivity contribution in [2.45, 2.75) is 33.2 Å². The molecule has 0 radical (unpaired) electrons. The average molecular weight is 579 g/mol. The van der Waals surface area contributed by atoms with Gasteiger partial charge in [-0.25, -0.2) is 0 Å². The summed E-state index contributed by atoms with van der Waals surface area (Å²) in [7, 11) is 1.53. The molecule has 0 aliphatic carbocycles. The van der Waals surface area contributed by atoms with Crippen molar-refractivity contribution in [1.82, 2.24) is 9.80 Å². The number of aliphatic hydroxyl groups excluding tert-OH is 1. The zero-order valence-electron chi connectivity index (χ0n) is 25.1. The number of morpholine rings is 1. The lowest BCUT2D eigenvalue weighted by molar-refractivity contribution is -0.140. The smallest absolute Gasteiger partial charge is 0.295 e. The van der Waals surface area contributed by atoms with E-state index in [4.69, 9.17) is 18.9 Å². The van der Waals surface area contributed by atoms with Crippen molar-refractivity contribution < 1.29 is 33.6 Å². The molecule has 2 saturated heterocycles. The largest absolute Gasteiger partial charge is 0.507 e. The van der Waals surface area contributed by atoms with Crippen LogP contribution in [0.1, 0.15) is 43.0 Å². The van der Waals surface area contributed by atoms with Crippen LogP contribution >= 0.6 is 0 Å². The Morgan fingerprint density at radius 2 is 1.81 bits per heavy atom. The zero-order valence-corrected chi connectivity index (χ0v) is 25.1. The standard InChI is InChI=1S/C33H42N2O7/c1-6-16-41-27-11-8-24(20-28(27)39-5)30-29(31(36)25-9-10-26(23(4)19-25)42-21-22(2)3)32(37)33(38)35(30)13-7-12-34-14-17-40-18-15-34/h6,8-11,19-20,22,30,36H,1,7,12-18,21H2,2-5H3. The fourth-order valence-electron chi connectivity index (χ4n) is 5.24. The summed E-state index contributed by atoms with van der Waals surface area (Å²) in [4.78, 5) is 30.8.